The highest BCUT2D eigenvalue weighted by Gasteiger charge is 2.09. The van der Waals surface area contributed by atoms with E-state index in [1.165, 1.54) is 16.8 Å². The van der Waals surface area contributed by atoms with E-state index in [2.05, 4.69) is 20.0 Å². The Kier molecular flexibility index (Phi) is 6.15. The van der Waals surface area contributed by atoms with Gasteiger partial charge in [-0.1, -0.05) is 18.2 Å². The van der Waals surface area contributed by atoms with Gasteiger partial charge in [-0.25, -0.2) is 5.10 Å². The van der Waals surface area contributed by atoms with Crippen LogP contribution in [0.3, 0.4) is 0 Å². The first kappa shape index (κ1) is 19.7. The zero-order valence-electron chi connectivity index (χ0n) is 15.2. The number of nitrogens with zero attached hydrogens (tertiary/aromatic N) is 3. The number of ether oxygens (including phenoxy) is 2. The molecule has 0 saturated carbocycles. The third-order valence-corrected chi connectivity index (χ3v) is 4.16. The van der Waals surface area contributed by atoms with Crippen molar-refractivity contribution in [2.24, 2.45) is 5.10 Å². The molecule has 0 fully saturated rings. The third kappa shape index (κ3) is 4.80. The number of alkyl halides is 2. The molecule has 1 N–H and O–H groups in total. The summed E-state index contributed by atoms with van der Waals surface area (Å²) in [6.45, 7) is 1.26. The van der Waals surface area contributed by atoms with Crippen LogP contribution in [0.25, 0.3) is 0 Å². The first-order valence-electron chi connectivity index (χ1n) is 8.38. The maximum Gasteiger partial charge on any atom is 0.387 e. The van der Waals surface area contributed by atoms with Crippen LogP contribution in [0, 0.1) is 18.6 Å². The summed E-state index contributed by atoms with van der Waals surface area (Å²) >= 11 is 5.21. The summed E-state index contributed by atoms with van der Waals surface area (Å²) in [7, 11) is 0. The van der Waals surface area contributed by atoms with Crippen LogP contribution in [0.5, 0.6) is 11.5 Å². The molecule has 9 heteroatoms. The lowest BCUT2D eigenvalue weighted by Gasteiger charge is -2.11. The van der Waals surface area contributed by atoms with Crippen LogP contribution in [0.1, 0.15) is 22.5 Å². The second kappa shape index (κ2) is 8.75. The van der Waals surface area contributed by atoms with Gasteiger partial charge in [0.05, 0.1) is 6.21 Å². The smallest absolute Gasteiger partial charge is 0.387 e. The van der Waals surface area contributed by atoms with Crippen molar-refractivity contribution in [3.05, 3.63) is 69.8 Å². The number of aromatic amines is 1. The molecule has 6 nitrogen and oxygen atoms in total. The van der Waals surface area contributed by atoms with Gasteiger partial charge in [-0.15, -0.1) is 0 Å². The van der Waals surface area contributed by atoms with Gasteiger partial charge in [-0.05, 0) is 67.0 Å². The number of rotatable bonds is 7. The monoisotopic (exact) mass is 404 g/mol. The molecule has 146 valence electrons. The normalized spacial score (nSPS) is 11.3. The molecule has 0 radical (unpaired) electrons. The fourth-order valence-corrected chi connectivity index (χ4v) is 2.76. The minimum atomic E-state index is -2.86. The number of benzene rings is 2. The molecule has 1 aromatic heterocycles. The van der Waals surface area contributed by atoms with Crippen LogP contribution in [0.2, 0.25) is 0 Å². The number of para-hydroxylation sites is 1. The minimum absolute atomic E-state index is 0.0785. The Bertz CT molecular complexity index is 1010. The van der Waals surface area contributed by atoms with Gasteiger partial charge in [0.1, 0.15) is 18.1 Å². The zero-order valence-corrected chi connectivity index (χ0v) is 16.0. The summed E-state index contributed by atoms with van der Waals surface area (Å²) in [5, 5.41) is 11.1. The fraction of sp³-hybridized carbons (Fsp3) is 0.211. The Hall–Kier alpha value is -3.07. The highest BCUT2D eigenvalue weighted by atomic mass is 32.1. The minimum Gasteiger partial charge on any atom is -0.485 e. The standard InChI is InChI=1S/C19H18F2N4O2S/c1-12-4-3-5-13(2)17(12)26-11-16-23-24-19(28)25(16)22-10-14-6-8-15(9-7-14)27-18(20)21/h3-10,18H,11H2,1-2H3,(H,24,28)/b22-10-. The quantitative estimate of drug-likeness (QED) is 0.461. The highest BCUT2D eigenvalue weighted by Crippen LogP contribution is 2.23. The lowest BCUT2D eigenvalue weighted by atomic mass is 10.1. The molecular weight excluding hydrogens is 386 g/mol. The number of halogens is 2. The molecule has 0 aliphatic heterocycles. The Labute approximate surface area is 165 Å². The SMILES string of the molecule is Cc1cccc(C)c1OCc1n[nH]c(=S)n1/N=C\c1ccc(OC(F)F)cc1. The molecule has 0 spiro atoms. The van der Waals surface area contributed by atoms with Gasteiger partial charge in [0.2, 0.25) is 4.77 Å². The van der Waals surface area contributed by atoms with Gasteiger partial charge < -0.3 is 9.47 Å². The number of nitrogens with one attached hydrogen (secondary N) is 1. The van der Waals surface area contributed by atoms with Gasteiger partial charge in [0.25, 0.3) is 0 Å². The fourth-order valence-electron chi connectivity index (χ4n) is 2.56. The third-order valence-electron chi connectivity index (χ3n) is 3.90. The molecule has 2 aromatic carbocycles. The molecule has 28 heavy (non-hydrogen) atoms. The summed E-state index contributed by atoms with van der Waals surface area (Å²) in [4.78, 5) is 0. The van der Waals surface area contributed by atoms with Gasteiger partial charge in [0.15, 0.2) is 5.82 Å². The summed E-state index contributed by atoms with van der Waals surface area (Å²) in [5.41, 5.74) is 2.73. The molecule has 0 unspecified atom stereocenters. The van der Waals surface area contributed by atoms with Gasteiger partial charge >= 0.3 is 6.61 Å². The van der Waals surface area contributed by atoms with Crippen molar-refractivity contribution in [2.75, 3.05) is 0 Å². The average Bonchev–Trinajstić information content (AvgIpc) is 3.00. The van der Waals surface area contributed by atoms with Gasteiger partial charge in [0, 0.05) is 0 Å². The molecule has 0 atom stereocenters. The summed E-state index contributed by atoms with van der Waals surface area (Å²) < 4.78 is 36.4. The first-order chi connectivity index (χ1) is 13.4. The molecule has 0 bridgehead atoms. The van der Waals surface area contributed by atoms with Crippen molar-refractivity contribution >= 4 is 18.4 Å². The molecule has 3 rings (SSSR count). The summed E-state index contributed by atoms with van der Waals surface area (Å²) in [6, 6.07) is 12.0. The molecule has 0 aliphatic carbocycles. The largest absolute Gasteiger partial charge is 0.485 e. The van der Waals surface area contributed by atoms with E-state index in [-0.39, 0.29) is 12.4 Å². The topological polar surface area (TPSA) is 64.4 Å². The van der Waals surface area contributed by atoms with Crippen molar-refractivity contribution in [1.82, 2.24) is 14.9 Å². The Morgan fingerprint density at radius 3 is 2.50 bits per heavy atom. The van der Waals surface area contributed by atoms with Crippen LogP contribution < -0.4 is 9.47 Å². The maximum atomic E-state index is 12.2. The van der Waals surface area contributed by atoms with E-state index in [1.54, 1.807) is 18.3 Å². The Balaban J connectivity index is 1.74. The predicted octanol–water partition coefficient (Wildman–Crippen LogP) is 4.62. The average molecular weight is 404 g/mol. The van der Waals surface area contributed by atoms with Gasteiger partial charge in [-0.2, -0.15) is 23.7 Å². The van der Waals surface area contributed by atoms with Crippen LogP contribution >= 0.6 is 12.2 Å². The van der Waals surface area contributed by atoms with Crippen molar-refractivity contribution in [2.45, 2.75) is 27.1 Å². The molecule has 0 saturated heterocycles. The number of hydrogen-bond donors (Lipinski definition) is 1. The van der Waals surface area contributed by atoms with Crippen molar-refractivity contribution < 1.29 is 18.3 Å². The second-order valence-corrected chi connectivity index (χ2v) is 6.35. The number of H-pyrrole nitrogens is 1. The summed E-state index contributed by atoms with van der Waals surface area (Å²) in [6.07, 6.45) is 1.54. The van der Waals surface area contributed by atoms with Crippen LogP contribution in [0.15, 0.2) is 47.6 Å². The van der Waals surface area contributed by atoms with E-state index < -0.39 is 6.61 Å². The molecule has 0 aliphatic rings. The van der Waals surface area contributed by atoms with Crippen LogP contribution in [-0.4, -0.2) is 27.7 Å². The highest BCUT2D eigenvalue weighted by molar-refractivity contribution is 7.71. The van der Waals surface area contributed by atoms with Crippen LogP contribution in [-0.2, 0) is 6.61 Å². The summed E-state index contributed by atoms with van der Waals surface area (Å²) in [5.74, 6) is 1.37. The molecule has 3 aromatic rings. The number of aryl methyl sites for hydroxylation is 2. The van der Waals surface area contributed by atoms with E-state index in [1.807, 2.05) is 32.0 Å². The lowest BCUT2D eigenvalue weighted by Crippen LogP contribution is -2.05. The van der Waals surface area contributed by atoms with Crippen LogP contribution in [0.4, 0.5) is 8.78 Å². The lowest BCUT2D eigenvalue weighted by molar-refractivity contribution is -0.0498. The van der Waals surface area contributed by atoms with E-state index in [0.29, 0.717) is 16.2 Å². The Morgan fingerprint density at radius 2 is 1.86 bits per heavy atom. The van der Waals surface area contributed by atoms with E-state index in [9.17, 15) is 8.78 Å². The second-order valence-electron chi connectivity index (χ2n) is 5.96. The number of hydrogen-bond acceptors (Lipinski definition) is 5. The number of aromatic nitrogens is 3. The van der Waals surface area contributed by atoms with E-state index >= 15 is 0 Å². The zero-order chi connectivity index (χ0) is 20.1. The predicted molar refractivity (Wildman–Crippen MR) is 104 cm³/mol. The van der Waals surface area contributed by atoms with Crippen molar-refractivity contribution in [3.8, 4) is 11.5 Å². The maximum absolute atomic E-state index is 12.2. The van der Waals surface area contributed by atoms with E-state index in [4.69, 9.17) is 17.0 Å². The van der Waals surface area contributed by atoms with Crippen molar-refractivity contribution in [3.63, 3.8) is 0 Å². The first-order valence-corrected chi connectivity index (χ1v) is 8.79. The van der Waals surface area contributed by atoms with E-state index in [0.717, 1.165) is 16.9 Å². The van der Waals surface area contributed by atoms with Crippen molar-refractivity contribution in [1.29, 1.82) is 0 Å². The Morgan fingerprint density at radius 1 is 1.18 bits per heavy atom. The van der Waals surface area contributed by atoms with Gasteiger partial charge in [-0.3, -0.25) is 0 Å². The molecule has 1 heterocycles. The molecular formula is C19H18F2N4O2S. The molecule has 0 amide bonds.